The number of halogens is 2. The topological polar surface area (TPSA) is 13.1 Å². The first-order valence-corrected chi connectivity index (χ1v) is 5.32. The molecule has 3 rings (SSSR count). The highest BCUT2D eigenvalue weighted by Crippen LogP contribution is 2.33. The Morgan fingerprint density at radius 2 is 1.80 bits per heavy atom. The van der Waals surface area contributed by atoms with Gasteiger partial charge in [-0.3, -0.25) is 0 Å². The molecule has 1 aromatic heterocycles. The molecule has 0 aliphatic rings. The van der Waals surface area contributed by atoms with Gasteiger partial charge in [0.1, 0.15) is 17.0 Å². The molecule has 0 saturated heterocycles. The molecular weight excluding hydrogens is 259 g/mol. The number of fused-ring (bicyclic) bond motifs is 3. The highest BCUT2D eigenvalue weighted by molar-refractivity contribution is 9.10. The Bertz CT molecular complexity index is 657. The third kappa shape index (κ3) is 1.20. The van der Waals surface area contributed by atoms with Crippen LogP contribution in [-0.4, -0.2) is 0 Å². The van der Waals surface area contributed by atoms with Crippen LogP contribution in [0.2, 0.25) is 0 Å². The molecule has 0 aliphatic heterocycles. The van der Waals surface area contributed by atoms with Crippen molar-refractivity contribution in [3.05, 3.63) is 46.7 Å². The molecule has 2 aromatic carbocycles. The normalized spacial score (nSPS) is 11.3. The van der Waals surface area contributed by atoms with Crippen molar-refractivity contribution < 1.29 is 8.81 Å². The molecule has 0 amide bonds. The maximum absolute atomic E-state index is 13.9. The predicted octanol–water partition coefficient (Wildman–Crippen LogP) is 4.49. The Hall–Kier alpha value is -1.35. The summed E-state index contributed by atoms with van der Waals surface area (Å²) in [6.45, 7) is 0. The van der Waals surface area contributed by atoms with Crippen LogP contribution in [0.15, 0.2) is 45.3 Å². The van der Waals surface area contributed by atoms with Gasteiger partial charge < -0.3 is 4.42 Å². The van der Waals surface area contributed by atoms with Crippen LogP contribution < -0.4 is 0 Å². The molecule has 1 heterocycles. The van der Waals surface area contributed by atoms with Crippen LogP contribution in [-0.2, 0) is 0 Å². The van der Waals surface area contributed by atoms with Gasteiger partial charge in [0.2, 0.25) is 0 Å². The van der Waals surface area contributed by atoms with Crippen LogP contribution in [0.25, 0.3) is 21.9 Å². The third-order valence-electron chi connectivity index (χ3n) is 2.43. The summed E-state index contributed by atoms with van der Waals surface area (Å²) in [6.07, 6.45) is 0. The van der Waals surface area contributed by atoms with E-state index in [2.05, 4.69) is 15.9 Å². The van der Waals surface area contributed by atoms with Crippen molar-refractivity contribution in [2.45, 2.75) is 0 Å². The second kappa shape index (κ2) is 3.07. The minimum atomic E-state index is -0.266. The van der Waals surface area contributed by atoms with Gasteiger partial charge >= 0.3 is 0 Å². The Labute approximate surface area is 93.6 Å². The van der Waals surface area contributed by atoms with E-state index in [9.17, 15) is 4.39 Å². The Morgan fingerprint density at radius 3 is 2.67 bits per heavy atom. The maximum atomic E-state index is 13.9. The van der Waals surface area contributed by atoms with Gasteiger partial charge in [-0.15, -0.1) is 0 Å². The quantitative estimate of drug-likeness (QED) is 0.583. The highest BCUT2D eigenvalue weighted by Gasteiger charge is 2.12. The maximum Gasteiger partial charge on any atom is 0.149 e. The standard InChI is InChI=1S/C12H6BrFO/c13-8-5-6-10-11(12(8)14)7-3-1-2-4-9(7)15-10/h1-6H. The summed E-state index contributed by atoms with van der Waals surface area (Å²) in [5, 5.41) is 1.35. The molecule has 15 heavy (non-hydrogen) atoms. The van der Waals surface area contributed by atoms with Gasteiger partial charge in [-0.05, 0) is 34.1 Å². The van der Waals surface area contributed by atoms with Gasteiger partial charge in [-0.1, -0.05) is 18.2 Å². The molecule has 74 valence electrons. The summed E-state index contributed by atoms with van der Waals surface area (Å²) in [5.41, 5.74) is 1.29. The average Bonchev–Trinajstić information content (AvgIpc) is 2.62. The van der Waals surface area contributed by atoms with Crippen LogP contribution in [0.4, 0.5) is 4.39 Å². The van der Waals surface area contributed by atoms with Gasteiger partial charge in [0.05, 0.1) is 9.86 Å². The molecule has 0 fully saturated rings. The lowest BCUT2D eigenvalue weighted by molar-refractivity contribution is 0.628. The van der Waals surface area contributed by atoms with Crippen LogP contribution in [0.1, 0.15) is 0 Å². The van der Waals surface area contributed by atoms with Crippen molar-refractivity contribution in [1.82, 2.24) is 0 Å². The number of hydrogen-bond acceptors (Lipinski definition) is 1. The Morgan fingerprint density at radius 1 is 1.00 bits per heavy atom. The van der Waals surface area contributed by atoms with Crippen molar-refractivity contribution in [1.29, 1.82) is 0 Å². The molecule has 3 heteroatoms. The van der Waals surface area contributed by atoms with Crippen molar-refractivity contribution in [2.75, 3.05) is 0 Å². The molecule has 0 N–H and O–H groups in total. The summed E-state index contributed by atoms with van der Waals surface area (Å²) in [4.78, 5) is 0. The van der Waals surface area contributed by atoms with Crippen LogP contribution >= 0.6 is 15.9 Å². The molecule has 3 aromatic rings. The first kappa shape index (κ1) is 8.92. The fraction of sp³-hybridized carbons (Fsp3) is 0. The van der Waals surface area contributed by atoms with E-state index in [-0.39, 0.29) is 5.82 Å². The number of furan rings is 1. The molecule has 0 saturated carbocycles. The second-order valence-corrected chi connectivity index (χ2v) is 4.19. The molecule has 0 atom stereocenters. The van der Waals surface area contributed by atoms with Gasteiger partial charge in [-0.2, -0.15) is 0 Å². The van der Waals surface area contributed by atoms with E-state index in [0.29, 0.717) is 21.0 Å². The molecule has 0 bridgehead atoms. The lowest BCUT2D eigenvalue weighted by Gasteiger charge is -1.94. The van der Waals surface area contributed by atoms with Crippen LogP contribution in [0.5, 0.6) is 0 Å². The monoisotopic (exact) mass is 264 g/mol. The SMILES string of the molecule is Fc1c(Br)ccc2oc3ccccc3c12. The van der Waals surface area contributed by atoms with Crippen LogP contribution in [0, 0.1) is 5.82 Å². The predicted molar refractivity (Wildman–Crippen MR) is 61.4 cm³/mol. The molecule has 1 nitrogen and oxygen atoms in total. The number of rotatable bonds is 0. The van der Waals surface area contributed by atoms with Crippen molar-refractivity contribution >= 4 is 37.9 Å². The fourth-order valence-electron chi connectivity index (χ4n) is 1.75. The minimum Gasteiger partial charge on any atom is -0.456 e. The lowest BCUT2D eigenvalue weighted by Crippen LogP contribution is -1.77. The van der Waals surface area contributed by atoms with Crippen molar-refractivity contribution in [2.24, 2.45) is 0 Å². The summed E-state index contributed by atoms with van der Waals surface area (Å²) < 4.78 is 19.8. The summed E-state index contributed by atoms with van der Waals surface area (Å²) in [6, 6.07) is 10.9. The van der Waals surface area contributed by atoms with E-state index in [1.807, 2.05) is 24.3 Å². The van der Waals surface area contributed by atoms with E-state index >= 15 is 0 Å². The van der Waals surface area contributed by atoms with E-state index < -0.39 is 0 Å². The minimum absolute atomic E-state index is 0.266. The van der Waals surface area contributed by atoms with Crippen LogP contribution in [0.3, 0.4) is 0 Å². The molecule has 0 spiro atoms. The molecule has 0 unspecified atom stereocenters. The largest absolute Gasteiger partial charge is 0.456 e. The molecular formula is C12H6BrFO. The zero-order valence-corrected chi connectivity index (χ0v) is 9.21. The summed E-state index contributed by atoms with van der Waals surface area (Å²) >= 11 is 3.17. The van der Waals surface area contributed by atoms with E-state index in [1.165, 1.54) is 0 Å². The van der Waals surface area contributed by atoms with Gasteiger partial charge in [-0.25, -0.2) is 4.39 Å². The zero-order valence-electron chi connectivity index (χ0n) is 7.63. The zero-order chi connectivity index (χ0) is 10.4. The van der Waals surface area contributed by atoms with Gasteiger partial charge in [0, 0.05) is 5.39 Å². The smallest absolute Gasteiger partial charge is 0.149 e. The first-order chi connectivity index (χ1) is 7.27. The average molecular weight is 265 g/mol. The Kier molecular flexibility index (Phi) is 1.83. The van der Waals surface area contributed by atoms with Crippen molar-refractivity contribution in [3.8, 4) is 0 Å². The van der Waals surface area contributed by atoms with E-state index in [1.54, 1.807) is 12.1 Å². The fourth-order valence-corrected chi connectivity index (χ4v) is 2.08. The number of benzene rings is 2. The third-order valence-corrected chi connectivity index (χ3v) is 3.05. The first-order valence-electron chi connectivity index (χ1n) is 4.52. The van der Waals surface area contributed by atoms with E-state index in [4.69, 9.17) is 4.42 Å². The Balaban J connectivity index is 2.63. The van der Waals surface area contributed by atoms with Gasteiger partial charge in [0.15, 0.2) is 0 Å². The van der Waals surface area contributed by atoms with E-state index in [0.717, 1.165) is 5.39 Å². The van der Waals surface area contributed by atoms with Gasteiger partial charge in [0.25, 0.3) is 0 Å². The summed E-state index contributed by atoms with van der Waals surface area (Å²) in [5.74, 6) is -0.266. The van der Waals surface area contributed by atoms with Crippen molar-refractivity contribution in [3.63, 3.8) is 0 Å². The molecule has 0 radical (unpaired) electrons. The molecule has 0 aliphatic carbocycles. The second-order valence-electron chi connectivity index (χ2n) is 3.33. The number of hydrogen-bond donors (Lipinski definition) is 0. The lowest BCUT2D eigenvalue weighted by atomic mass is 10.1. The summed E-state index contributed by atoms with van der Waals surface area (Å²) in [7, 11) is 0. The highest BCUT2D eigenvalue weighted by atomic mass is 79.9. The number of para-hydroxylation sites is 1.